The Bertz CT molecular complexity index is 995. The maximum absolute atomic E-state index is 12.8. The predicted molar refractivity (Wildman–Crippen MR) is 139 cm³/mol. The van der Waals surface area contributed by atoms with E-state index in [9.17, 15) is 9.59 Å². The quantitative estimate of drug-likeness (QED) is 0.519. The van der Waals surface area contributed by atoms with E-state index in [0.717, 1.165) is 17.8 Å². The lowest BCUT2D eigenvalue weighted by Gasteiger charge is -2.30. The first-order chi connectivity index (χ1) is 16.8. The largest absolute Gasteiger partial charge is 0.374 e. The first kappa shape index (κ1) is 27.8. The van der Waals surface area contributed by atoms with E-state index in [-0.39, 0.29) is 25.8 Å². The fourth-order valence-electron chi connectivity index (χ4n) is 4.83. The molecule has 2 aromatic rings. The van der Waals surface area contributed by atoms with Crippen molar-refractivity contribution in [2.75, 3.05) is 13.2 Å². The third kappa shape index (κ3) is 7.13. The summed E-state index contributed by atoms with van der Waals surface area (Å²) < 4.78 is 7.95. The van der Waals surface area contributed by atoms with Gasteiger partial charge in [-0.25, -0.2) is 0 Å². The van der Waals surface area contributed by atoms with Crippen molar-refractivity contribution in [3.8, 4) is 0 Å². The Morgan fingerprint density at radius 3 is 2.58 bits per heavy atom. The van der Waals surface area contributed by atoms with Crippen LogP contribution in [0.5, 0.6) is 0 Å². The van der Waals surface area contributed by atoms with E-state index < -0.39 is 11.6 Å². The SMILES string of the molecule is C.CC(C)(N)C(=O)N[C@H](COCc1ccccc1)c1nnc2n1CCN(C(=O)CCC1CCCC1)C2. The maximum atomic E-state index is 12.8. The van der Waals surface area contributed by atoms with E-state index in [4.69, 9.17) is 10.5 Å². The van der Waals surface area contributed by atoms with Crippen molar-refractivity contribution in [2.24, 2.45) is 11.7 Å². The molecular weight excluding hydrogens is 456 g/mol. The van der Waals surface area contributed by atoms with Gasteiger partial charge in [0.05, 0.1) is 25.3 Å². The first-order valence-electron chi connectivity index (χ1n) is 12.7. The summed E-state index contributed by atoms with van der Waals surface area (Å²) in [5.74, 6) is 1.96. The average molecular weight is 499 g/mol. The Labute approximate surface area is 214 Å². The van der Waals surface area contributed by atoms with Crippen molar-refractivity contribution in [3.05, 3.63) is 47.5 Å². The molecule has 0 unspecified atom stereocenters. The highest BCUT2D eigenvalue weighted by molar-refractivity contribution is 5.85. The molecule has 9 heteroatoms. The normalized spacial score (nSPS) is 16.8. The number of carbonyl (C=O) groups is 2. The minimum absolute atomic E-state index is 0. The molecule has 2 heterocycles. The number of aromatic nitrogens is 3. The summed E-state index contributed by atoms with van der Waals surface area (Å²) in [6, 6.07) is 9.37. The van der Waals surface area contributed by atoms with Crippen LogP contribution in [0, 0.1) is 5.92 Å². The molecule has 3 N–H and O–H groups in total. The Hall–Kier alpha value is -2.78. The lowest BCUT2D eigenvalue weighted by atomic mass is 10.0. The number of nitrogens with zero attached hydrogens (tertiary/aromatic N) is 4. The van der Waals surface area contributed by atoms with Crippen LogP contribution in [-0.4, -0.2) is 50.2 Å². The number of carbonyl (C=O) groups excluding carboxylic acids is 2. The second-order valence-electron chi connectivity index (χ2n) is 10.4. The fraction of sp³-hybridized carbons (Fsp3) is 0.630. The Morgan fingerprint density at radius 2 is 1.89 bits per heavy atom. The van der Waals surface area contributed by atoms with Crippen molar-refractivity contribution in [1.82, 2.24) is 25.0 Å². The molecular formula is C27H42N6O3. The van der Waals surface area contributed by atoms with Gasteiger partial charge in [-0.05, 0) is 31.7 Å². The van der Waals surface area contributed by atoms with Gasteiger partial charge in [0.15, 0.2) is 11.6 Å². The molecule has 4 rings (SSSR count). The average Bonchev–Trinajstić information content (AvgIpc) is 3.51. The molecule has 1 aliphatic heterocycles. The summed E-state index contributed by atoms with van der Waals surface area (Å²) in [6.45, 7) is 5.61. The molecule has 2 amide bonds. The summed E-state index contributed by atoms with van der Waals surface area (Å²) in [4.78, 5) is 27.4. The fourth-order valence-corrected chi connectivity index (χ4v) is 4.83. The van der Waals surface area contributed by atoms with Crippen molar-refractivity contribution >= 4 is 11.8 Å². The van der Waals surface area contributed by atoms with Gasteiger partial charge in [-0.15, -0.1) is 10.2 Å². The lowest BCUT2D eigenvalue weighted by Crippen LogP contribution is -2.51. The van der Waals surface area contributed by atoms with Crippen LogP contribution >= 0.6 is 0 Å². The summed E-state index contributed by atoms with van der Waals surface area (Å²) >= 11 is 0. The lowest BCUT2D eigenvalue weighted by molar-refractivity contribution is -0.133. The second-order valence-corrected chi connectivity index (χ2v) is 10.4. The third-order valence-electron chi connectivity index (χ3n) is 6.97. The molecule has 1 aromatic carbocycles. The van der Waals surface area contributed by atoms with Crippen LogP contribution < -0.4 is 11.1 Å². The molecule has 0 bridgehead atoms. The zero-order valence-corrected chi connectivity index (χ0v) is 20.9. The van der Waals surface area contributed by atoms with Crippen LogP contribution in [0.25, 0.3) is 0 Å². The second kappa shape index (κ2) is 12.5. The summed E-state index contributed by atoms with van der Waals surface area (Å²) in [6.07, 6.45) is 6.68. The van der Waals surface area contributed by atoms with Gasteiger partial charge >= 0.3 is 0 Å². The van der Waals surface area contributed by atoms with E-state index in [2.05, 4.69) is 15.5 Å². The number of nitrogens with one attached hydrogen (secondary N) is 1. The van der Waals surface area contributed by atoms with Gasteiger partial charge in [-0.1, -0.05) is 63.4 Å². The number of ether oxygens (including phenoxy) is 1. The monoisotopic (exact) mass is 498 g/mol. The summed E-state index contributed by atoms with van der Waals surface area (Å²) in [7, 11) is 0. The number of rotatable bonds is 10. The van der Waals surface area contributed by atoms with Gasteiger partial charge in [0.1, 0.15) is 6.04 Å². The smallest absolute Gasteiger partial charge is 0.240 e. The standard InChI is InChI=1S/C26H38N6O3.CH4/c1-26(2,27)25(34)28-21(18-35-17-20-10-4-3-5-11-20)24-30-29-22-16-31(14-15-32(22)24)23(33)13-12-19-8-6-7-9-19;/h3-5,10-11,19,21H,6-9,12-18,27H2,1-2H3,(H,28,34);1H4/t21-;/m1./s1. The summed E-state index contributed by atoms with van der Waals surface area (Å²) in [5, 5.41) is 11.8. The molecule has 1 saturated carbocycles. The van der Waals surface area contributed by atoms with Crippen LogP contribution in [0.1, 0.15) is 83.1 Å². The maximum Gasteiger partial charge on any atom is 0.240 e. The van der Waals surface area contributed by atoms with E-state index in [1.54, 1.807) is 13.8 Å². The van der Waals surface area contributed by atoms with Crippen molar-refractivity contribution in [1.29, 1.82) is 0 Å². The minimum atomic E-state index is -1.04. The molecule has 0 saturated heterocycles. The molecule has 0 radical (unpaired) electrons. The molecule has 2 aliphatic rings. The molecule has 36 heavy (non-hydrogen) atoms. The molecule has 1 atom stereocenters. The van der Waals surface area contributed by atoms with E-state index >= 15 is 0 Å². The molecule has 1 aromatic heterocycles. The van der Waals surface area contributed by atoms with Gasteiger partial charge in [0.2, 0.25) is 11.8 Å². The third-order valence-corrected chi connectivity index (χ3v) is 6.97. The van der Waals surface area contributed by atoms with Crippen LogP contribution in [-0.2, 0) is 34.0 Å². The number of fused-ring (bicyclic) bond motifs is 1. The van der Waals surface area contributed by atoms with E-state index in [1.807, 2.05) is 39.8 Å². The highest BCUT2D eigenvalue weighted by Crippen LogP contribution is 2.29. The van der Waals surface area contributed by atoms with Crippen LogP contribution in [0.2, 0.25) is 0 Å². The van der Waals surface area contributed by atoms with Crippen LogP contribution in [0.3, 0.4) is 0 Å². The molecule has 9 nitrogen and oxygen atoms in total. The van der Waals surface area contributed by atoms with Gasteiger partial charge in [-0.2, -0.15) is 0 Å². The van der Waals surface area contributed by atoms with Crippen molar-refractivity contribution < 1.29 is 14.3 Å². The van der Waals surface area contributed by atoms with Gasteiger partial charge in [-0.3, -0.25) is 9.59 Å². The molecule has 1 fully saturated rings. The van der Waals surface area contributed by atoms with Gasteiger partial charge in [0, 0.05) is 19.5 Å². The van der Waals surface area contributed by atoms with Crippen LogP contribution in [0.15, 0.2) is 30.3 Å². The summed E-state index contributed by atoms with van der Waals surface area (Å²) in [5.41, 5.74) is 6.03. The number of hydrogen-bond donors (Lipinski definition) is 2. The Morgan fingerprint density at radius 1 is 1.17 bits per heavy atom. The Balaban J connectivity index is 0.00000361. The van der Waals surface area contributed by atoms with Crippen molar-refractivity contribution in [3.63, 3.8) is 0 Å². The zero-order valence-electron chi connectivity index (χ0n) is 20.9. The molecule has 198 valence electrons. The van der Waals surface area contributed by atoms with Crippen LogP contribution in [0.4, 0.5) is 0 Å². The van der Waals surface area contributed by atoms with E-state index in [1.165, 1.54) is 25.7 Å². The van der Waals surface area contributed by atoms with Crippen molar-refractivity contribution in [2.45, 2.75) is 91.1 Å². The number of amides is 2. The Kier molecular flexibility index (Phi) is 9.62. The highest BCUT2D eigenvalue weighted by atomic mass is 16.5. The predicted octanol–water partition coefficient (Wildman–Crippen LogP) is 3.34. The zero-order chi connectivity index (χ0) is 24.8. The van der Waals surface area contributed by atoms with E-state index in [0.29, 0.717) is 44.4 Å². The number of benzene rings is 1. The van der Waals surface area contributed by atoms with Gasteiger partial charge < -0.3 is 25.3 Å². The highest BCUT2D eigenvalue weighted by Gasteiger charge is 2.31. The number of nitrogens with two attached hydrogens (primary N) is 1. The first-order valence-corrected chi connectivity index (χ1v) is 12.7. The molecule has 1 aliphatic carbocycles. The van der Waals surface area contributed by atoms with Gasteiger partial charge in [0.25, 0.3) is 0 Å². The molecule has 0 spiro atoms. The minimum Gasteiger partial charge on any atom is -0.374 e. The number of hydrogen-bond acceptors (Lipinski definition) is 6. The topological polar surface area (TPSA) is 115 Å².